The van der Waals surface area contributed by atoms with Gasteiger partial charge in [-0.2, -0.15) is 22.8 Å². The van der Waals surface area contributed by atoms with Gasteiger partial charge in [-0.1, -0.05) is 0 Å². The summed E-state index contributed by atoms with van der Waals surface area (Å²) < 4.78 is 92.2. The SMILES string of the molecule is N#CC1(C(F)(F)F)OC(F)C(F)(C(F)F)O1. The van der Waals surface area contributed by atoms with Gasteiger partial charge in [-0.05, 0) is 0 Å². The standard InChI is InChI=1S/C6H2F7NO2/c7-2(8)5(10)3(9)15-4(1-14,16-5)6(11,12)13/h2-3H. The van der Waals surface area contributed by atoms with Gasteiger partial charge in [0.2, 0.25) is 0 Å². The number of hydrogen-bond donors (Lipinski definition) is 0. The Bertz CT molecular complexity index is 326. The number of alkyl halides is 7. The topological polar surface area (TPSA) is 42.2 Å². The maximum atomic E-state index is 12.9. The molecule has 10 heteroatoms. The van der Waals surface area contributed by atoms with Crippen LogP contribution in [-0.2, 0) is 9.47 Å². The molecule has 1 heterocycles. The third-order valence-corrected chi connectivity index (χ3v) is 1.70. The lowest BCUT2D eigenvalue weighted by atomic mass is 10.3. The first-order chi connectivity index (χ1) is 7.09. The quantitative estimate of drug-likeness (QED) is 0.671. The largest absolute Gasteiger partial charge is 0.459 e. The Morgan fingerprint density at radius 1 is 1.31 bits per heavy atom. The molecule has 0 bridgehead atoms. The minimum atomic E-state index is -5.67. The zero-order valence-electron chi connectivity index (χ0n) is 7.06. The molecule has 16 heavy (non-hydrogen) atoms. The van der Waals surface area contributed by atoms with Gasteiger partial charge in [0.05, 0.1) is 0 Å². The fourth-order valence-electron chi connectivity index (χ4n) is 0.898. The van der Waals surface area contributed by atoms with Crippen LogP contribution in [0.25, 0.3) is 0 Å². The fourth-order valence-corrected chi connectivity index (χ4v) is 0.898. The molecule has 1 rings (SSSR count). The summed E-state index contributed by atoms with van der Waals surface area (Å²) >= 11 is 0. The van der Waals surface area contributed by atoms with Crippen LogP contribution in [0.2, 0.25) is 0 Å². The van der Waals surface area contributed by atoms with Gasteiger partial charge < -0.3 is 0 Å². The molecule has 0 radical (unpaired) electrons. The highest BCUT2D eigenvalue weighted by Crippen LogP contribution is 2.49. The summed E-state index contributed by atoms with van der Waals surface area (Å²) in [5, 5.41) is 8.09. The molecule has 92 valence electrons. The molecule has 0 amide bonds. The highest BCUT2D eigenvalue weighted by Gasteiger charge is 2.74. The number of nitrogens with zero attached hydrogens (tertiary/aromatic N) is 1. The van der Waals surface area contributed by atoms with Crippen LogP contribution in [0.15, 0.2) is 0 Å². The summed E-state index contributed by atoms with van der Waals surface area (Å²) in [6.45, 7) is 0. The fraction of sp³-hybridized carbons (Fsp3) is 0.833. The van der Waals surface area contributed by atoms with Crippen molar-refractivity contribution in [1.82, 2.24) is 0 Å². The van der Waals surface area contributed by atoms with E-state index in [4.69, 9.17) is 5.26 Å². The molecule has 1 aliphatic rings. The normalized spacial score (nSPS) is 40.1. The first-order valence-electron chi connectivity index (χ1n) is 3.56. The molecular formula is C6H2F7NO2. The van der Waals surface area contributed by atoms with Gasteiger partial charge in [0.15, 0.2) is 0 Å². The van der Waals surface area contributed by atoms with Crippen molar-refractivity contribution in [3.63, 3.8) is 0 Å². The van der Waals surface area contributed by atoms with E-state index in [1.54, 1.807) is 0 Å². The molecule has 0 aliphatic carbocycles. The van der Waals surface area contributed by atoms with Crippen LogP contribution < -0.4 is 0 Å². The van der Waals surface area contributed by atoms with Gasteiger partial charge in [0.25, 0.3) is 6.36 Å². The first-order valence-corrected chi connectivity index (χ1v) is 3.56. The number of halogens is 7. The first kappa shape index (κ1) is 13.0. The van der Waals surface area contributed by atoms with E-state index in [1.807, 2.05) is 0 Å². The molecule has 3 unspecified atom stereocenters. The highest BCUT2D eigenvalue weighted by atomic mass is 19.4. The zero-order chi connectivity index (χ0) is 12.8. The van der Waals surface area contributed by atoms with Crippen molar-refractivity contribution in [1.29, 1.82) is 5.26 Å². The van der Waals surface area contributed by atoms with Gasteiger partial charge in [-0.15, -0.1) is 0 Å². The van der Waals surface area contributed by atoms with Crippen LogP contribution in [-0.4, -0.2) is 30.6 Å². The maximum absolute atomic E-state index is 12.9. The lowest BCUT2D eigenvalue weighted by Gasteiger charge is -2.23. The maximum Gasteiger partial charge on any atom is 0.459 e. The summed E-state index contributed by atoms with van der Waals surface area (Å²) in [5.41, 5.74) is 0. The molecule has 1 aliphatic heterocycles. The predicted molar refractivity (Wildman–Crippen MR) is 31.3 cm³/mol. The number of ether oxygens (including phenoxy) is 2. The molecule has 0 aromatic rings. The zero-order valence-corrected chi connectivity index (χ0v) is 7.06. The van der Waals surface area contributed by atoms with E-state index >= 15 is 0 Å². The van der Waals surface area contributed by atoms with Crippen molar-refractivity contribution in [3.8, 4) is 6.07 Å². The second-order valence-electron chi connectivity index (χ2n) is 2.76. The third kappa shape index (κ3) is 1.60. The molecule has 0 N–H and O–H groups in total. The van der Waals surface area contributed by atoms with Gasteiger partial charge >= 0.3 is 24.2 Å². The van der Waals surface area contributed by atoms with Gasteiger partial charge in [-0.3, -0.25) is 9.47 Å². The Hall–Kier alpha value is -1.08. The van der Waals surface area contributed by atoms with Crippen molar-refractivity contribution in [2.75, 3.05) is 0 Å². The van der Waals surface area contributed by atoms with E-state index in [2.05, 4.69) is 9.47 Å². The van der Waals surface area contributed by atoms with E-state index in [-0.39, 0.29) is 6.07 Å². The second kappa shape index (κ2) is 3.46. The van der Waals surface area contributed by atoms with Crippen LogP contribution in [0.5, 0.6) is 0 Å². The third-order valence-electron chi connectivity index (χ3n) is 1.70. The van der Waals surface area contributed by atoms with Gasteiger partial charge in [0.1, 0.15) is 6.07 Å². The average Bonchev–Trinajstić information content (AvgIpc) is 2.40. The Morgan fingerprint density at radius 2 is 1.81 bits per heavy atom. The van der Waals surface area contributed by atoms with Crippen LogP contribution in [0.3, 0.4) is 0 Å². The van der Waals surface area contributed by atoms with Crippen LogP contribution in [0, 0.1) is 11.3 Å². The number of nitriles is 1. The highest BCUT2D eigenvalue weighted by molar-refractivity contribution is 5.06. The molecule has 3 nitrogen and oxygen atoms in total. The van der Waals surface area contributed by atoms with Crippen molar-refractivity contribution >= 4 is 0 Å². The Labute approximate surface area is 83.3 Å². The van der Waals surface area contributed by atoms with E-state index in [0.717, 1.165) is 0 Å². The van der Waals surface area contributed by atoms with E-state index in [0.29, 0.717) is 0 Å². The second-order valence-corrected chi connectivity index (χ2v) is 2.76. The Balaban J connectivity index is 3.12. The number of hydrogen-bond acceptors (Lipinski definition) is 3. The van der Waals surface area contributed by atoms with Crippen LogP contribution in [0.4, 0.5) is 30.7 Å². The van der Waals surface area contributed by atoms with Gasteiger partial charge in [0, 0.05) is 0 Å². The van der Waals surface area contributed by atoms with E-state index in [1.165, 1.54) is 0 Å². The van der Waals surface area contributed by atoms with E-state index in [9.17, 15) is 30.7 Å². The molecule has 1 fully saturated rings. The lowest BCUT2D eigenvalue weighted by Crippen LogP contribution is -2.48. The molecule has 0 aromatic heterocycles. The Morgan fingerprint density at radius 3 is 2.00 bits per heavy atom. The average molecular weight is 253 g/mol. The smallest absolute Gasteiger partial charge is 0.290 e. The van der Waals surface area contributed by atoms with Crippen molar-refractivity contribution in [3.05, 3.63) is 0 Å². The van der Waals surface area contributed by atoms with Crippen molar-refractivity contribution in [2.24, 2.45) is 0 Å². The minimum Gasteiger partial charge on any atom is -0.290 e. The van der Waals surface area contributed by atoms with Gasteiger partial charge in [-0.25, -0.2) is 13.2 Å². The minimum absolute atomic E-state index is 0.275. The van der Waals surface area contributed by atoms with Crippen LogP contribution in [0.1, 0.15) is 0 Å². The monoisotopic (exact) mass is 253 g/mol. The number of rotatable bonds is 1. The lowest BCUT2D eigenvalue weighted by molar-refractivity contribution is -0.345. The molecule has 1 saturated heterocycles. The van der Waals surface area contributed by atoms with Crippen molar-refractivity contribution in [2.45, 2.75) is 30.6 Å². The molecular weight excluding hydrogens is 251 g/mol. The van der Waals surface area contributed by atoms with E-state index < -0.39 is 30.6 Å². The van der Waals surface area contributed by atoms with Crippen molar-refractivity contribution < 1.29 is 40.2 Å². The Kier molecular flexibility index (Phi) is 2.81. The van der Waals surface area contributed by atoms with Crippen LogP contribution >= 0.6 is 0 Å². The molecule has 0 spiro atoms. The summed E-state index contributed by atoms with van der Waals surface area (Å²) in [6.07, 6.45) is -13.6. The predicted octanol–water partition coefficient (Wildman–Crippen LogP) is 2.04. The summed E-state index contributed by atoms with van der Waals surface area (Å²) in [5.74, 6) is -8.98. The molecule has 0 saturated carbocycles. The summed E-state index contributed by atoms with van der Waals surface area (Å²) in [7, 11) is 0. The summed E-state index contributed by atoms with van der Waals surface area (Å²) in [4.78, 5) is 0. The summed E-state index contributed by atoms with van der Waals surface area (Å²) in [6, 6.07) is 0.275. The molecule has 3 atom stereocenters. The molecule has 0 aromatic carbocycles.